The molecule has 0 aliphatic carbocycles. The predicted molar refractivity (Wildman–Crippen MR) is 104 cm³/mol. The second-order valence-corrected chi connectivity index (χ2v) is 7.45. The highest BCUT2D eigenvalue weighted by Crippen LogP contribution is 2.29. The molecule has 0 spiro atoms. The number of nitrogens with one attached hydrogen (secondary N) is 1. The Morgan fingerprint density at radius 3 is 2.70 bits per heavy atom. The minimum atomic E-state index is -1.03. The molecule has 2 aromatic rings. The van der Waals surface area contributed by atoms with Crippen LogP contribution in [-0.4, -0.2) is 45.7 Å². The molecule has 0 bridgehead atoms. The van der Waals surface area contributed by atoms with Gasteiger partial charge in [0.15, 0.2) is 6.10 Å². The summed E-state index contributed by atoms with van der Waals surface area (Å²) in [6.45, 7) is 7.67. The van der Waals surface area contributed by atoms with Gasteiger partial charge in [0.2, 0.25) is 0 Å². The second-order valence-electron chi connectivity index (χ2n) is 6.37. The van der Waals surface area contributed by atoms with Gasteiger partial charge in [-0.3, -0.25) is 9.78 Å². The molecular formula is C19H25N3O4S. The molecule has 1 atom stereocenters. The van der Waals surface area contributed by atoms with Gasteiger partial charge in [-0.1, -0.05) is 13.0 Å². The number of carboxylic acid groups (broad SMARTS) is 1. The standard InChI is InChI=1S/C19H25N3O4S/c1-5-14-16(22-18(27-14)15-12(4)7-6-9-20-15)17(23)21-10-8-13(19(24)25)26-11(2)3/h6-7,9,11,13H,5,8,10H2,1-4H3,(H,21,23)(H,24,25). The largest absolute Gasteiger partial charge is 0.479 e. The molecular weight excluding hydrogens is 366 g/mol. The van der Waals surface area contributed by atoms with Gasteiger partial charge in [-0.2, -0.15) is 0 Å². The summed E-state index contributed by atoms with van der Waals surface area (Å²) >= 11 is 1.45. The molecule has 0 aliphatic heterocycles. The fraction of sp³-hybridized carbons (Fsp3) is 0.474. The van der Waals surface area contributed by atoms with Crippen LogP contribution in [0, 0.1) is 6.92 Å². The predicted octanol–water partition coefficient (Wildman–Crippen LogP) is 3.07. The van der Waals surface area contributed by atoms with Crippen LogP contribution in [0.3, 0.4) is 0 Å². The molecule has 2 heterocycles. The van der Waals surface area contributed by atoms with Crippen LogP contribution in [0.2, 0.25) is 0 Å². The van der Waals surface area contributed by atoms with E-state index in [0.29, 0.717) is 17.1 Å². The Kier molecular flexibility index (Phi) is 7.44. The number of nitrogens with zero attached hydrogens (tertiary/aromatic N) is 2. The maximum absolute atomic E-state index is 12.6. The van der Waals surface area contributed by atoms with Crippen LogP contribution >= 0.6 is 11.3 Å². The van der Waals surface area contributed by atoms with Crippen LogP contribution in [0.25, 0.3) is 10.7 Å². The van der Waals surface area contributed by atoms with E-state index >= 15 is 0 Å². The fourth-order valence-electron chi connectivity index (χ4n) is 2.56. The van der Waals surface area contributed by atoms with Crippen molar-refractivity contribution in [1.29, 1.82) is 0 Å². The highest BCUT2D eigenvalue weighted by Gasteiger charge is 2.22. The van der Waals surface area contributed by atoms with Crippen molar-refractivity contribution in [3.63, 3.8) is 0 Å². The Morgan fingerprint density at radius 1 is 1.37 bits per heavy atom. The second kappa shape index (κ2) is 9.57. The van der Waals surface area contributed by atoms with Gasteiger partial charge in [-0.05, 0) is 38.8 Å². The van der Waals surface area contributed by atoms with E-state index < -0.39 is 12.1 Å². The van der Waals surface area contributed by atoms with E-state index in [2.05, 4.69) is 15.3 Å². The lowest BCUT2D eigenvalue weighted by molar-refractivity contribution is -0.153. The number of aliphatic carboxylic acids is 1. The van der Waals surface area contributed by atoms with Crippen LogP contribution in [0.15, 0.2) is 18.3 Å². The molecule has 2 N–H and O–H groups in total. The van der Waals surface area contributed by atoms with Crippen molar-refractivity contribution in [2.24, 2.45) is 0 Å². The number of amides is 1. The van der Waals surface area contributed by atoms with E-state index in [1.165, 1.54) is 11.3 Å². The first-order valence-corrected chi connectivity index (χ1v) is 9.73. The summed E-state index contributed by atoms with van der Waals surface area (Å²) in [5, 5.41) is 12.6. The van der Waals surface area contributed by atoms with Gasteiger partial charge in [0, 0.05) is 24.0 Å². The third-order valence-corrected chi connectivity index (χ3v) is 5.06. The quantitative estimate of drug-likeness (QED) is 0.681. The van der Waals surface area contributed by atoms with Crippen molar-refractivity contribution in [2.45, 2.75) is 52.7 Å². The maximum Gasteiger partial charge on any atom is 0.332 e. The fourth-order valence-corrected chi connectivity index (χ4v) is 3.62. The summed E-state index contributed by atoms with van der Waals surface area (Å²) in [6.07, 6.45) is 1.43. The number of rotatable bonds is 9. The van der Waals surface area contributed by atoms with Crippen molar-refractivity contribution < 1.29 is 19.4 Å². The molecule has 146 valence electrons. The third-order valence-electron chi connectivity index (χ3n) is 3.85. The number of carbonyl (C=O) groups excluding carboxylic acids is 1. The van der Waals surface area contributed by atoms with Crippen molar-refractivity contribution in [3.05, 3.63) is 34.5 Å². The summed E-state index contributed by atoms with van der Waals surface area (Å²) in [4.78, 5) is 33.5. The van der Waals surface area contributed by atoms with Gasteiger partial charge in [0.25, 0.3) is 5.91 Å². The van der Waals surface area contributed by atoms with E-state index in [1.54, 1.807) is 20.0 Å². The SMILES string of the molecule is CCc1sc(-c2ncccc2C)nc1C(=O)NCCC(OC(C)C)C(=O)O. The average Bonchev–Trinajstić information content (AvgIpc) is 3.05. The number of carbonyl (C=O) groups is 2. The molecule has 7 nitrogen and oxygen atoms in total. The van der Waals surface area contributed by atoms with Gasteiger partial charge in [0.05, 0.1) is 6.10 Å². The summed E-state index contributed by atoms with van der Waals surface area (Å²) in [7, 11) is 0. The molecule has 1 amide bonds. The molecule has 1 unspecified atom stereocenters. The van der Waals surface area contributed by atoms with Crippen molar-refractivity contribution in [2.75, 3.05) is 6.54 Å². The Bertz CT molecular complexity index is 804. The van der Waals surface area contributed by atoms with Crippen molar-refractivity contribution >= 4 is 23.2 Å². The Balaban J connectivity index is 2.08. The van der Waals surface area contributed by atoms with E-state index in [1.807, 2.05) is 26.0 Å². The number of hydrogen-bond donors (Lipinski definition) is 2. The molecule has 27 heavy (non-hydrogen) atoms. The lowest BCUT2D eigenvalue weighted by Gasteiger charge is -2.16. The highest BCUT2D eigenvalue weighted by molar-refractivity contribution is 7.15. The molecule has 8 heteroatoms. The number of thiazole rings is 1. The molecule has 0 aromatic carbocycles. The number of carboxylic acids is 1. The molecule has 2 rings (SSSR count). The van der Waals surface area contributed by atoms with Crippen molar-refractivity contribution in [1.82, 2.24) is 15.3 Å². The summed E-state index contributed by atoms with van der Waals surface area (Å²) in [5.74, 6) is -1.34. The van der Waals surface area contributed by atoms with Crippen LogP contribution in [-0.2, 0) is 16.0 Å². The molecule has 0 saturated carbocycles. The van der Waals surface area contributed by atoms with E-state index in [9.17, 15) is 14.7 Å². The normalized spacial score (nSPS) is 12.2. The van der Waals surface area contributed by atoms with Crippen LogP contribution in [0.1, 0.15) is 48.1 Å². The van der Waals surface area contributed by atoms with E-state index in [0.717, 1.165) is 16.1 Å². The zero-order valence-electron chi connectivity index (χ0n) is 16.0. The highest BCUT2D eigenvalue weighted by atomic mass is 32.1. The van der Waals surface area contributed by atoms with Gasteiger partial charge in [-0.15, -0.1) is 11.3 Å². The first-order valence-electron chi connectivity index (χ1n) is 8.91. The summed E-state index contributed by atoms with van der Waals surface area (Å²) in [6, 6.07) is 3.81. The smallest absolute Gasteiger partial charge is 0.332 e. The van der Waals surface area contributed by atoms with Crippen molar-refractivity contribution in [3.8, 4) is 10.7 Å². The lowest BCUT2D eigenvalue weighted by Crippen LogP contribution is -2.33. The third kappa shape index (κ3) is 5.58. The number of aryl methyl sites for hydroxylation is 2. The maximum atomic E-state index is 12.6. The number of pyridine rings is 1. The molecule has 0 aliphatic rings. The summed E-state index contributed by atoms with van der Waals surface area (Å²) in [5.41, 5.74) is 2.14. The molecule has 0 saturated heterocycles. The lowest BCUT2D eigenvalue weighted by atomic mass is 10.2. The van der Waals surface area contributed by atoms with Crippen LogP contribution in [0.4, 0.5) is 0 Å². The van der Waals surface area contributed by atoms with Gasteiger partial charge >= 0.3 is 5.97 Å². The van der Waals surface area contributed by atoms with Crippen LogP contribution < -0.4 is 5.32 Å². The van der Waals surface area contributed by atoms with Crippen LogP contribution in [0.5, 0.6) is 0 Å². The number of hydrogen-bond acceptors (Lipinski definition) is 6. The van der Waals surface area contributed by atoms with E-state index in [-0.39, 0.29) is 25.0 Å². The average molecular weight is 391 g/mol. The van der Waals surface area contributed by atoms with E-state index in [4.69, 9.17) is 4.74 Å². The number of ether oxygens (including phenoxy) is 1. The Labute approximate surface area is 162 Å². The minimum Gasteiger partial charge on any atom is -0.479 e. The first kappa shape index (κ1) is 21.0. The molecule has 2 aromatic heterocycles. The van der Waals surface area contributed by atoms with Gasteiger partial charge in [0.1, 0.15) is 16.4 Å². The van der Waals surface area contributed by atoms with Gasteiger partial charge in [-0.25, -0.2) is 9.78 Å². The monoisotopic (exact) mass is 391 g/mol. The molecule has 0 radical (unpaired) electrons. The number of aromatic nitrogens is 2. The Hall–Kier alpha value is -2.32. The minimum absolute atomic E-state index is 0.192. The Morgan fingerprint density at radius 2 is 2.11 bits per heavy atom. The first-order chi connectivity index (χ1) is 12.8. The topological polar surface area (TPSA) is 101 Å². The molecule has 0 fully saturated rings. The zero-order valence-corrected chi connectivity index (χ0v) is 16.8. The summed E-state index contributed by atoms with van der Waals surface area (Å²) < 4.78 is 5.35. The van der Waals surface area contributed by atoms with Gasteiger partial charge < -0.3 is 15.2 Å². The zero-order chi connectivity index (χ0) is 20.0.